The molecule has 0 saturated heterocycles. The van der Waals surface area contributed by atoms with Crippen LogP contribution in [0.3, 0.4) is 0 Å². The smallest absolute Gasteiger partial charge is 0.265 e. The number of carbonyl (C=O) groups is 1. The van der Waals surface area contributed by atoms with Gasteiger partial charge < -0.3 is 10.4 Å². The van der Waals surface area contributed by atoms with Crippen LogP contribution in [-0.4, -0.2) is 11.0 Å². The highest BCUT2D eigenvalue weighted by atomic mass is 35.5. The highest BCUT2D eigenvalue weighted by molar-refractivity contribution is 7.14. The molecule has 0 fully saturated rings. The molecule has 0 aliphatic carbocycles. The van der Waals surface area contributed by atoms with Gasteiger partial charge in [0, 0.05) is 16.6 Å². The molecule has 1 amide bonds. The number of anilines is 1. The summed E-state index contributed by atoms with van der Waals surface area (Å²) in [5, 5.41) is 12.4. The van der Waals surface area contributed by atoms with E-state index in [1.165, 1.54) is 23.5 Å². The lowest BCUT2D eigenvalue weighted by atomic mass is 10.3. The third kappa shape index (κ3) is 2.78. The van der Waals surface area contributed by atoms with Crippen LogP contribution in [0.4, 0.5) is 5.69 Å². The van der Waals surface area contributed by atoms with Crippen LogP contribution in [-0.2, 0) is 0 Å². The Bertz CT molecular complexity index is 565. The minimum absolute atomic E-state index is 0.0492. The van der Waals surface area contributed by atoms with Crippen molar-refractivity contribution in [1.29, 1.82) is 0 Å². The number of hydrogen-bond acceptors (Lipinski definition) is 3. The molecule has 0 unspecified atom stereocenters. The molecule has 0 bridgehead atoms. The summed E-state index contributed by atoms with van der Waals surface area (Å²) in [7, 11) is 0. The summed E-state index contributed by atoms with van der Waals surface area (Å²) in [5.74, 6) is -0.239. The maximum absolute atomic E-state index is 11.8. The molecule has 1 aromatic heterocycles. The average molecular weight is 268 g/mol. The Balaban J connectivity index is 2.15. The average Bonchev–Trinajstić information content (AvgIpc) is 2.70. The van der Waals surface area contributed by atoms with Gasteiger partial charge in [-0.1, -0.05) is 11.6 Å². The number of carbonyl (C=O) groups excluding carboxylic acids is 1. The van der Waals surface area contributed by atoms with Crippen molar-refractivity contribution in [2.24, 2.45) is 0 Å². The Kier molecular flexibility index (Phi) is 3.36. The van der Waals surface area contributed by atoms with Gasteiger partial charge in [0.2, 0.25) is 0 Å². The van der Waals surface area contributed by atoms with Crippen molar-refractivity contribution in [2.45, 2.75) is 6.92 Å². The van der Waals surface area contributed by atoms with Crippen molar-refractivity contribution in [3.8, 4) is 5.75 Å². The zero-order valence-electron chi connectivity index (χ0n) is 9.03. The number of phenolic OH excluding ortho intramolecular Hbond substituents is 1. The van der Waals surface area contributed by atoms with E-state index in [-0.39, 0.29) is 16.7 Å². The largest absolute Gasteiger partial charge is 0.506 e. The van der Waals surface area contributed by atoms with Crippen LogP contribution in [0.1, 0.15) is 14.5 Å². The van der Waals surface area contributed by atoms with E-state index in [9.17, 15) is 9.90 Å². The summed E-state index contributed by atoms with van der Waals surface area (Å²) in [5.41, 5.74) is 0.517. The van der Waals surface area contributed by atoms with E-state index in [2.05, 4.69) is 5.32 Å². The van der Waals surface area contributed by atoms with Gasteiger partial charge in [0.15, 0.2) is 0 Å². The molecule has 3 nitrogen and oxygen atoms in total. The SMILES string of the molecule is Cc1ccc(C(=O)Nc2ccc(Cl)c(O)c2)s1. The van der Waals surface area contributed by atoms with Gasteiger partial charge in [-0.15, -0.1) is 11.3 Å². The maximum Gasteiger partial charge on any atom is 0.265 e. The van der Waals surface area contributed by atoms with Crippen molar-refractivity contribution in [3.63, 3.8) is 0 Å². The number of phenols is 1. The van der Waals surface area contributed by atoms with Gasteiger partial charge >= 0.3 is 0 Å². The molecule has 88 valence electrons. The van der Waals surface area contributed by atoms with Crippen molar-refractivity contribution in [1.82, 2.24) is 0 Å². The molecular formula is C12H10ClNO2S. The second kappa shape index (κ2) is 4.77. The third-order valence-electron chi connectivity index (χ3n) is 2.17. The van der Waals surface area contributed by atoms with Gasteiger partial charge in [-0.05, 0) is 31.2 Å². The van der Waals surface area contributed by atoms with Gasteiger partial charge in [0.05, 0.1) is 9.90 Å². The molecular weight excluding hydrogens is 258 g/mol. The molecule has 0 atom stereocenters. The first-order valence-corrected chi connectivity index (χ1v) is 6.12. The lowest BCUT2D eigenvalue weighted by Crippen LogP contribution is -2.09. The van der Waals surface area contributed by atoms with Gasteiger partial charge in [-0.2, -0.15) is 0 Å². The molecule has 2 rings (SSSR count). The number of rotatable bonds is 2. The first-order valence-electron chi connectivity index (χ1n) is 4.92. The monoisotopic (exact) mass is 267 g/mol. The van der Waals surface area contributed by atoms with Crippen LogP contribution in [0.25, 0.3) is 0 Å². The molecule has 0 aliphatic heterocycles. The zero-order chi connectivity index (χ0) is 12.4. The molecule has 1 aromatic carbocycles. The summed E-state index contributed by atoms with van der Waals surface area (Å²) in [6.07, 6.45) is 0. The normalized spacial score (nSPS) is 10.2. The minimum atomic E-state index is -0.190. The number of halogens is 1. The van der Waals surface area contributed by atoms with Gasteiger partial charge in [-0.25, -0.2) is 0 Å². The van der Waals surface area contributed by atoms with Crippen LogP contribution in [0.15, 0.2) is 30.3 Å². The predicted molar refractivity (Wildman–Crippen MR) is 70.1 cm³/mol. The zero-order valence-corrected chi connectivity index (χ0v) is 10.6. The molecule has 5 heteroatoms. The van der Waals surface area contributed by atoms with E-state index in [0.29, 0.717) is 10.6 Å². The fraction of sp³-hybridized carbons (Fsp3) is 0.0833. The third-order valence-corrected chi connectivity index (χ3v) is 3.49. The van der Waals surface area contributed by atoms with Crippen LogP contribution < -0.4 is 5.32 Å². The van der Waals surface area contributed by atoms with E-state index in [0.717, 1.165) is 4.88 Å². The second-order valence-corrected chi connectivity index (χ2v) is 5.23. The quantitative estimate of drug-likeness (QED) is 0.872. The molecule has 1 heterocycles. The second-order valence-electron chi connectivity index (χ2n) is 3.53. The molecule has 17 heavy (non-hydrogen) atoms. The van der Waals surface area contributed by atoms with E-state index in [4.69, 9.17) is 11.6 Å². The summed E-state index contributed by atoms with van der Waals surface area (Å²) in [4.78, 5) is 13.5. The Hall–Kier alpha value is -1.52. The van der Waals surface area contributed by atoms with Gasteiger partial charge in [-0.3, -0.25) is 4.79 Å². The topological polar surface area (TPSA) is 49.3 Å². The predicted octanol–water partition coefficient (Wildman–Crippen LogP) is 3.67. The number of thiophene rings is 1. The lowest BCUT2D eigenvalue weighted by molar-refractivity contribution is 0.103. The molecule has 2 aromatic rings. The molecule has 0 spiro atoms. The highest BCUT2D eigenvalue weighted by Crippen LogP contribution is 2.26. The van der Waals surface area contributed by atoms with Crippen molar-refractivity contribution in [3.05, 3.63) is 45.1 Å². The summed E-state index contributed by atoms with van der Waals surface area (Å²) >= 11 is 7.10. The number of aryl methyl sites for hydroxylation is 1. The standard InChI is InChI=1S/C12H10ClNO2S/c1-7-2-5-11(17-7)12(16)14-8-3-4-9(13)10(15)6-8/h2-6,15H,1H3,(H,14,16). The minimum Gasteiger partial charge on any atom is -0.506 e. The van der Waals surface area contributed by atoms with Crippen molar-refractivity contribution >= 4 is 34.5 Å². The Morgan fingerprint density at radius 2 is 2.12 bits per heavy atom. The molecule has 2 N–H and O–H groups in total. The van der Waals surface area contributed by atoms with Crippen LogP contribution in [0, 0.1) is 6.92 Å². The highest BCUT2D eigenvalue weighted by Gasteiger charge is 2.09. The maximum atomic E-state index is 11.8. The van der Waals surface area contributed by atoms with E-state index < -0.39 is 0 Å². The van der Waals surface area contributed by atoms with Crippen LogP contribution in [0.5, 0.6) is 5.75 Å². The first kappa shape index (κ1) is 12.0. The Morgan fingerprint density at radius 3 is 2.71 bits per heavy atom. The fourth-order valence-corrected chi connectivity index (χ4v) is 2.22. The number of amides is 1. The van der Waals surface area contributed by atoms with Crippen molar-refractivity contribution < 1.29 is 9.90 Å². The summed E-state index contributed by atoms with van der Waals surface area (Å²) in [6.45, 7) is 1.94. The van der Waals surface area contributed by atoms with Gasteiger partial charge in [0.25, 0.3) is 5.91 Å². The fourth-order valence-electron chi connectivity index (χ4n) is 1.34. The Labute approximate surface area is 108 Å². The van der Waals surface area contributed by atoms with E-state index in [1.54, 1.807) is 12.1 Å². The number of hydrogen-bond donors (Lipinski definition) is 2. The van der Waals surface area contributed by atoms with Crippen LogP contribution >= 0.6 is 22.9 Å². The summed E-state index contributed by atoms with van der Waals surface area (Å²) in [6, 6.07) is 8.25. The Morgan fingerprint density at radius 1 is 1.35 bits per heavy atom. The summed E-state index contributed by atoms with van der Waals surface area (Å²) < 4.78 is 0. The molecule has 0 saturated carbocycles. The number of aromatic hydroxyl groups is 1. The molecule has 0 radical (unpaired) electrons. The first-order chi connectivity index (χ1) is 8.06. The van der Waals surface area contributed by atoms with Crippen LogP contribution in [0.2, 0.25) is 5.02 Å². The lowest BCUT2D eigenvalue weighted by Gasteiger charge is -2.04. The van der Waals surface area contributed by atoms with E-state index >= 15 is 0 Å². The van der Waals surface area contributed by atoms with Crippen molar-refractivity contribution in [2.75, 3.05) is 5.32 Å². The van der Waals surface area contributed by atoms with Gasteiger partial charge in [0.1, 0.15) is 5.75 Å². The number of nitrogens with one attached hydrogen (secondary N) is 1. The number of benzene rings is 1. The van der Waals surface area contributed by atoms with E-state index in [1.807, 2.05) is 13.0 Å². The molecule has 0 aliphatic rings.